The largest absolute Gasteiger partial charge is 0.475 e. The van der Waals surface area contributed by atoms with Crippen molar-refractivity contribution in [3.63, 3.8) is 0 Å². The molecule has 0 aliphatic rings. The number of furan rings is 1. The predicted molar refractivity (Wildman–Crippen MR) is 59.0 cm³/mol. The molecule has 0 bridgehead atoms. The van der Waals surface area contributed by atoms with Crippen molar-refractivity contribution in [1.29, 1.82) is 0 Å². The van der Waals surface area contributed by atoms with Crippen LogP contribution in [0.5, 0.6) is 0 Å². The molecule has 0 spiro atoms. The molecule has 0 atom stereocenters. The van der Waals surface area contributed by atoms with Crippen molar-refractivity contribution < 1.29 is 18.8 Å². The molecule has 2 aromatic heterocycles. The summed E-state index contributed by atoms with van der Waals surface area (Å²) in [5, 5.41) is 15.5. The van der Waals surface area contributed by atoms with Gasteiger partial charge in [0, 0.05) is 18.2 Å². The molecule has 2 rings (SSSR count). The average molecular weight is 236 g/mol. The first-order valence-corrected chi connectivity index (χ1v) is 5.06. The molecular weight excluding hydrogens is 224 g/mol. The van der Waals surface area contributed by atoms with E-state index in [1.807, 2.05) is 13.8 Å². The Morgan fingerprint density at radius 3 is 2.76 bits per heavy atom. The minimum Gasteiger partial charge on any atom is -0.475 e. The number of nitrogens with one attached hydrogen (secondary N) is 1. The van der Waals surface area contributed by atoms with Gasteiger partial charge in [0.2, 0.25) is 5.76 Å². The zero-order valence-corrected chi connectivity index (χ0v) is 9.48. The van der Waals surface area contributed by atoms with Crippen molar-refractivity contribution in [2.45, 2.75) is 20.4 Å². The standard InChI is InChI=1S/C11H12N2O4/c1-6-8(7(2)17-13-6)5-12-10-4-3-9(16-10)11(14)15/h3-4,12H,5H2,1-2H3,(H,14,15). The van der Waals surface area contributed by atoms with E-state index in [1.54, 1.807) is 6.07 Å². The van der Waals surface area contributed by atoms with Gasteiger partial charge in [-0.3, -0.25) is 0 Å². The smallest absolute Gasteiger partial charge is 0.371 e. The van der Waals surface area contributed by atoms with Crippen LogP contribution in [0.3, 0.4) is 0 Å². The van der Waals surface area contributed by atoms with Gasteiger partial charge in [0.05, 0.1) is 5.69 Å². The number of carbonyl (C=O) groups is 1. The van der Waals surface area contributed by atoms with Crippen LogP contribution in [0.15, 0.2) is 21.1 Å². The zero-order chi connectivity index (χ0) is 12.4. The van der Waals surface area contributed by atoms with E-state index >= 15 is 0 Å². The number of aromatic carboxylic acids is 1. The lowest BCUT2D eigenvalue weighted by molar-refractivity contribution is 0.0663. The van der Waals surface area contributed by atoms with Crippen LogP contribution in [0.4, 0.5) is 5.88 Å². The topological polar surface area (TPSA) is 88.5 Å². The summed E-state index contributed by atoms with van der Waals surface area (Å²) in [6, 6.07) is 2.97. The lowest BCUT2D eigenvalue weighted by Gasteiger charge is -2.01. The third kappa shape index (κ3) is 2.30. The maximum Gasteiger partial charge on any atom is 0.371 e. The first-order valence-electron chi connectivity index (χ1n) is 5.06. The second-order valence-corrected chi connectivity index (χ2v) is 3.63. The first-order chi connectivity index (χ1) is 8.08. The number of hydrogen-bond donors (Lipinski definition) is 2. The summed E-state index contributed by atoms with van der Waals surface area (Å²) in [6.07, 6.45) is 0. The van der Waals surface area contributed by atoms with Crippen LogP contribution in [0, 0.1) is 13.8 Å². The Balaban J connectivity index is 2.05. The van der Waals surface area contributed by atoms with Gasteiger partial charge < -0.3 is 19.4 Å². The Kier molecular flexibility index (Phi) is 2.86. The Morgan fingerprint density at radius 1 is 1.47 bits per heavy atom. The highest BCUT2D eigenvalue weighted by Crippen LogP contribution is 2.17. The third-order valence-electron chi connectivity index (χ3n) is 2.44. The van der Waals surface area contributed by atoms with Crippen LogP contribution in [0.2, 0.25) is 0 Å². The van der Waals surface area contributed by atoms with Crippen molar-refractivity contribution in [3.05, 3.63) is 34.9 Å². The molecule has 0 radical (unpaired) electrons. The molecule has 6 nitrogen and oxygen atoms in total. The van der Waals surface area contributed by atoms with E-state index in [0.29, 0.717) is 12.4 Å². The quantitative estimate of drug-likeness (QED) is 0.845. The van der Waals surface area contributed by atoms with Gasteiger partial charge in [-0.2, -0.15) is 0 Å². The third-order valence-corrected chi connectivity index (χ3v) is 2.44. The molecule has 0 aliphatic carbocycles. The highest BCUT2D eigenvalue weighted by atomic mass is 16.5. The van der Waals surface area contributed by atoms with E-state index in [1.165, 1.54) is 6.07 Å². The van der Waals surface area contributed by atoms with Crippen molar-refractivity contribution in [2.75, 3.05) is 5.32 Å². The summed E-state index contributed by atoms with van der Waals surface area (Å²) < 4.78 is 10.1. The predicted octanol–water partition coefficient (Wildman–Crippen LogP) is 2.19. The maximum absolute atomic E-state index is 10.6. The average Bonchev–Trinajstić information content (AvgIpc) is 2.85. The van der Waals surface area contributed by atoms with Gasteiger partial charge in [0.15, 0.2) is 5.88 Å². The summed E-state index contributed by atoms with van der Waals surface area (Å²) in [5.74, 6) is -0.0379. The van der Waals surface area contributed by atoms with Crippen molar-refractivity contribution >= 4 is 11.9 Å². The molecule has 0 saturated carbocycles. The normalized spacial score (nSPS) is 10.5. The number of hydrogen-bond acceptors (Lipinski definition) is 5. The van der Waals surface area contributed by atoms with E-state index in [-0.39, 0.29) is 5.76 Å². The molecule has 0 unspecified atom stereocenters. The van der Waals surface area contributed by atoms with Crippen LogP contribution in [-0.4, -0.2) is 16.2 Å². The van der Waals surface area contributed by atoms with E-state index in [0.717, 1.165) is 17.0 Å². The van der Waals surface area contributed by atoms with Gasteiger partial charge >= 0.3 is 5.97 Å². The van der Waals surface area contributed by atoms with Crippen molar-refractivity contribution in [2.24, 2.45) is 0 Å². The van der Waals surface area contributed by atoms with Gasteiger partial charge in [-0.25, -0.2) is 4.79 Å². The number of nitrogens with zero attached hydrogens (tertiary/aromatic N) is 1. The number of aromatic nitrogens is 1. The van der Waals surface area contributed by atoms with Crippen LogP contribution in [0.1, 0.15) is 27.6 Å². The maximum atomic E-state index is 10.6. The van der Waals surface area contributed by atoms with Crippen LogP contribution < -0.4 is 5.32 Å². The minimum atomic E-state index is -1.09. The van der Waals surface area contributed by atoms with E-state index in [9.17, 15) is 4.79 Å². The molecule has 2 heterocycles. The summed E-state index contributed by atoms with van der Waals surface area (Å²) in [4.78, 5) is 10.6. The molecule has 17 heavy (non-hydrogen) atoms. The molecule has 2 N–H and O–H groups in total. The Bertz CT molecular complexity index is 522. The molecule has 0 amide bonds. The number of carboxylic acid groups (broad SMARTS) is 1. The van der Waals surface area contributed by atoms with Gasteiger partial charge in [0.25, 0.3) is 0 Å². The SMILES string of the molecule is Cc1noc(C)c1CNc1ccc(C(=O)O)o1. The van der Waals surface area contributed by atoms with Crippen LogP contribution in [0.25, 0.3) is 0 Å². The summed E-state index contributed by atoms with van der Waals surface area (Å²) in [7, 11) is 0. The van der Waals surface area contributed by atoms with E-state index < -0.39 is 5.97 Å². The summed E-state index contributed by atoms with van der Waals surface area (Å²) >= 11 is 0. The fourth-order valence-corrected chi connectivity index (χ4v) is 1.48. The molecular formula is C11H12N2O4. The van der Waals surface area contributed by atoms with Gasteiger partial charge in [-0.05, 0) is 19.9 Å². The highest BCUT2D eigenvalue weighted by Gasteiger charge is 2.11. The van der Waals surface area contributed by atoms with Crippen molar-refractivity contribution in [3.8, 4) is 0 Å². The number of aryl methyl sites for hydroxylation is 2. The monoisotopic (exact) mass is 236 g/mol. The molecule has 0 saturated heterocycles. The molecule has 90 valence electrons. The van der Waals surface area contributed by atoms with Gasteiger partial charge in [-0.15, -0.1) is 0 Å². The molecule has 0 fully saturated rings. The Labute approximate surface area is 97.2 Å². The van der Waals surface area contributed by atoms with E-state index in [2.05, 4.69) is 10.5 Å². The first kappa shape index (κ1) is 11.3. The summed E-state index contributed by atoms with van der Waals surface area (Å²) in [5.41, 5.74) is 1.75. The molecule has 2 aromatic rings. The van der Waals surface area contributed by atoms with Gasteiger partial charge in [-0.1, -0.05) is 5.16 Å². The van der Waals surface area contributed by atoms with Gasteiger partial charge in [0.1, 0.15) is 5.76 Å². The number of rotatable bonds is 4. The van der Waals surface area contributed by atoms with Crippen LogP contribution >= 0.6 is 0 Å². The van der Waals surface area contributed by atoms with Crippen LogP contribution in [-0.2, 0) is 6.54 Å². The Morgan fingerprint density at radius 2 is 2.24 bits per heavy atom. The fraction of sp³-hybridized carbons (Fsp3) is 0.273. The molecule has 0 aromatic carbocycles. The Hall–Kier alpha value is -2.24. The number of anilines is 1. The molecule has 6 heteroatoms. The number of carboxylic acids is 1. The fourth-order valence-electron chi connectivity index (χ4n) is 1.48. The van der Waals surface area contributed by atoms with Crippen molar-refractivity contribution in [1.82, 2.24) is 5.16 Å². The second kappa shape index (κ2) is 4.32. The lowest BCUT2D eigenvalue weighted by atomic mass is 10.2. The minimum absolute atomic E-state index is 0.0914. The molecule has 0 aliphatic heterocycles. The highest BCUT2D eigenvalue weighted by molar-refractivity contribution is 5.84. The van der Waals surface area contributed by atoms with E-state index in [4.69, 9.17) is 14.0 Å². The summed E-state index contributed by atoms with van der Waals surface area (Å²) in [6.45, 7) is 4.15. The zero-order valence-electron chi connectivity index (χ0n) is 9.48. The lowest BCUT2D eigenvalue weighted by Crippen LogP contribution is -2.00. The second-order valence-electron chi connectivity index (χ2n) is 3.63.